The molecule has 1 saturated heterocycles. The lowest BCUT2D eigenvalue weighted by Gasteiger charge is -2.43. The van der Waals surface area contributed by atoms with E-state index < -0.39 is 11.4 Å². The van der Waals surface area contributed by atoms with E-state index >= 15 is 0 Å². The van der Waals surface area contributed by atoms with Crippen LogP contribution < -0.4 is 9.47 Å². The number of aliphatic hydroxyl groups excluding tert-OH is 1. The fraction of sp³-hybridized carbons (Fsp3) is 0.333. The number of ether oxygens (including phenoxy) is 4. The zero-order valence-corrected chi connectivity index (χ0v) is 18.9. The van der Waals surface area contributed by atoms with Crippen LogP contribution in [0, 0.1) is 5.82 Å². The van der Waals surface area contributed by atoms with Crippen molar-refractivity contribution in [3.05, 3.63) is 95.3 Å². The second-order valence-corrected chi connectivity index (χ2v) is 8.60. The van der Waals surface area contributed by atoms with Gasteiger partial charge in [0.25, 0.3) is 0 Å². The van der Waals surface area contributed by atoms with Crippen molar-refractivity contribution in [2.75, 3.05) is 19.8 Å². The summed E-state index contributed by atoms with van der Waals surface area (Å²) in [5.41, 5.74) is 1.73. The van der Waals surface area contributed by atoms with E-state index in [1.807, 2.05) is 44.2 Å². The first-order valence-electron chi connectivity index (χ1n) is 11.0. The fourth-order valence-corrected chi connectivity index (χ4v) is 3.68. The molecule has 0 aliphatic carbocycles. The molecule has 4 rings (SSSR count). The van der Waals surface area contributed by atoms with Crippen molar-refractivity contribution in [3.8, 4) is 11.5 Å². The van der Waals surface area contributed by atoms with Crippen molar-refractivity contribution in [1.82, 2.24) is 0 Å². The van der Waals surface area contributed by atoms with Crippen LogP contribution in [-0.2, 0) is 28.1 Å². The van der Waals surface area contributed by atoms with Gasteiger partial charge in [0.15, 0.2) is 22.9 Å². The van der Waals surface area contributed by atoms with Gasteiger partial charge in [0.1, 0.15) is 5.82 Å². The summed E-state index contributed by atoms with van der Waals surface area (Å²) in [4.78, 5) is 0. The minimum atomic E-state index is -0.875. The monoisotopic (exact) mass is 452 g/mol. The predicted octanol–water partition coefficient (Wildman–Crippen LogP) is 5.00. The third-order valence-electron chi connectivity index (χ3n) is 5.66. The number of aliphatic hydroxyl groups is 1. The molecule has 0 spiro atoms. The van der Waals surface area contributed by atoms with Crippen molar-refractivity contribution in [1.29, 1.82) is 0 Å². The lowest BCUT2D eigenvalue weighted by Crippen LogP contribution is -2.52. The maximum atomic E-state index is 13.2. The van der Waals surface area contributed by atoms with Gasteiger partial charge in [-0.25, -0.2) is 4.39 Å². The van der Waals surface area contributed by atoms with Crippen LogP contribution in [0.5, 0.6) is 11.5 Å². The summed E-state index contributed by atoms with van der Waals surface area (Å²) < 4.78 is 37.8. The van der Waals surface area contributed by atoms with E-state index in [2.05, 4.69) is 0 Å². The Morgan fingerprint density at radius 2 is 1.55 bits per heavy atom. The summed E-state index contributed by atoms with van der Waals surface area (Å²) in [5, 5.41) is 9.68. The van der Waals surface area contributed by atoms with E-state index in [0.717, 1.165) is 11.1 Å². The van der Waals surface area contributed by atoms with Crippen LogP contribution in [0.25, 0.3) is 0 Å². The highest BCUT2D eigenvalue weighted by molar-refractivity contribution is 5.44. The van der Waals surface area contributed by atoms with Crippen LogP contribution >= 0.6 is 0 Å². The molecule has 33 heavy (non-hydrogen) atoms. The van der Waals surface area contributed by atoms with Gasteiger partial charge in [0, 0.05) is 12.0 Å². The van der Waals surface area contributed by atoms with E-state index in [0.29, 0.717) is 43.3 Å². The Hall–Kier alpha value is -2.93. The first-order chi connectivity index (χ1) is 15.9. The fourth-order valence-electron chi connectivity index (χ4n) is 3.68. The number of rotatable bonds is 8. The Labute approximate surface area is 193 Å². The summed E-state index contributed by atoms with van der Waals surface area (Å²) in [5.74, 6) is 0.0791. The van der Waals surface area contributed by atoms with Crippen LogP contribution in [0.2, 0.25) is 0 Å². The van der Waals surface area contributed by atoms with Gasteiger partial charge in [0.05, 0.1) is 26.4 Å². The zero-order chi connectivity index (χ0) is 23.3. The molecule has 1 fully saturated rings. The van der Waals surface area contributed by atoms with Crippen molar-refractivity contribution in [2.24, 2.45) is 0 Å². The molecule has 6 heteroatoms. The first-order valence-corrected chi connectivity index (χ1v) is 11.0. The molecule has 5 nitrogen and oxygen atoms in total. The van der Waals surface area contributed by atoms with Gasteiger partial charge in [-0.2, -0.15) is 0 Å². The average Bonchev–Trinajstić information content (AvgIpc) is 2.83. The molecule has 174 valence electrons. The lowest BCUT2D eigenvalue weighted by molar-refractivity contribution is -0.299. The second-order valence-electron chi connectivity index (χ2n) is 8.60. The third kappa shape index (κ3) is 5.71. The van der Waals surface area contributed by atoms with Gasteiger partial charge in [-0.3, -0.25) is 0 Å². The van der Waals surface area contributed by atoms with Gasteiger partial charge >= 0.3 is 0 Å². The van der Waals surface area contributed by atoms with Gasteiger partial charge in [0.2, 0.25) is 0 Å². The van der Waals surface area contributed by atoms with Gasteiger partial charge in [-0.1, -0.05) is 48.5 Å². The highest BCUT2D eigenvalue weighted by atomic mass is 19.1. The molecular formula is C27H29FO5. The second kappa shape index (κ2) is 9.91. The smallest absolute Gasteiger partial charge is 0.181 e. The summed E-state index contributed by atoms with van der Waals surface area (Å²) in [6.07, 6.45) is 0.617. The molecule has 0 radical (unpaired) electrons. The van der Waals surface area contributed by atoms with Crippen molar-refractivity contribution >= 4 is 0 Å². The van der Waals surface area contributed by atoms with Gasteiger partial charge in [-0.05, 0) is 49.2 Å². The van der Waals surface area contributed by atoms with E-state index in [4.69, 9.17) is 18.9 Å². The molecule has 1 aliphatic rings. The third-order valence-corrected chi connectivity index (χ3v) is 5.66. The predicted molar refractivity (Wildman–Crippen MR) is 123 cm³/mol. The molecule has 0 aromatic heterocycles. The van der Waals surface area contributed by atoms with E-state index in [-0.39, 0.29) is 12.4 Å². The van der Waals surface area contributed by atoms with Crippen LogP contribution in [0.15, 0.2) is 72.8 Å². The Kier molecular flexibility index (Phi) is 6.98. The highest BCUT2D eigenvalue weighted by Gasteiger charge is 2.44. The Balaban J connectivity index is 1.58. The topological polar surface area (TPSA) is 57.2 Å². The average molecular weight is 453 g/mol. The Bertz CT molecular complexity index is 1040. The molecule has 0 amide bonds. The molecule has 0 unspecified atom stereocenters. The molecular weight excluding hydrogens is 423 g/mol. The molecule has 1 heterocycles. The SMILES string of the molecule is CC1(C)OCC(Oc2cc(CO)ccc2OCCc2ccc(F)cc2)(c2ccccc2)CO1. The van der Waals surface area contributed by atoms with E-state index in [1.54, 1.807) is 30.3 Å². The summed E-state index contributed by atoms with van der Waals surface area (Å²) in [6, 6.07) is 21.5. The number of benzene rings is 3. The molecule has 0 bridgehead atoms. The summed E-state index contributed by atoms with van der Waals surface area (Å²) in [6.45, 7) is 4.60. The standard InChI is InChI=1S/C27H29FO5/c1-26(2)31-18-27(19-32-26,22-6-4-3-5-7-22)33-25-16-21(17-29)10-13-24(25)30-15-14-20-8-11-23(28)12-9-20/h3-13,16,29H,14-15,17-19H2,1-2H3. The van der Waals surface area contributed by atoms with Crippen LogP contribution in [0.4, 0.5) is 4.39 Å². The summed E-state index contributed by atoms with van der Waals surface area (Å²) >= 11 is 0. The van der Waals surface area contributed by atoms with E-state index in [1.165, 1.54) is 12.1 Å². The number of hydrogen-bond acceptors (Lipinski definition) is 5. The minimum Gasteiger partial charge on any atom is -0.489 e. The molecule has 3 aromatic carbocycles. The van der Waals surface area contributed by atoms with Gasteiger partial charge in [-0.15, -0.1) is 0 Å². The van der Waals surface area contributed by atoms with Crippen LogP contribution in [-0.4, -0.2) is 30.7 Å². The maximum absolute atomic E-state index is 13.2. The van der Waals surface area contributed by atoms with Crippen LogP contribution in [0.3, 0.4) is 0 Å². The minimum absolute atomic E-state index is 0.120. The largest absolute Gasteiger partial charge is 0.489 e. The summed E-state index contributed by atoms with van der Waals surface area (Å²) in [7, 11) is 0. The molecule has 1 aliphatic heterocycles. The van der Waals surface area contributed by atoms with Crippen molar-refractivity contribution in [2.45, 2.75) is 38.3 Å². The molecule has 0 saturated carbocycles. The quantitative estimate of drug-likeness (QED) is 0.522. The Morgan fingerprint density at radius 1 is 0.879 bits per heavy atom. The van der Waals surface area contributed by atoms with Gasteiger partial charge < -0.3 is 24.1 Å². The Morgan fingerprint density at radius 3 is 2.21 bits per heavy atom. The maximum Gasteiger partial charge on any atom is 0.181 e. The zero-order valence-electron chi connectivity index (χ0n) is 18.9. The van der Waals surface area contributed by atoms with E-state index in [9.17, 15) is 9.50 Å². The molecule has 1 N–H and O–H groups in total. The van der Waals surface area contributed by atoms with Crippen molar-refractivity contribution < 1.29 is 28.4 Å². The highest BCUT2D eigenvalue weighted by Crippen LogP contribution is 2.39. The lowest BCUT2D eigenvalue weighted by atomic mass is 9.93. The first kappa shape index (κ1) is 23.2. The normalized spacial score (nSPS) is 16.8. The molecule has 3 aromatic rings. The molecule has 0 atom stereocenters. The van der Waals surface area contributed by atoms with Crippen molar-refractivity contribution in [3.63, 3.8) is 0 Å². The number of hydrogen-bond donors (Lipinski definition) is 1. The van der Waals surface area contributed by atoms with Crippen LogP contribution in [0.1, 0.15) is 30.5 Å². The number of halogens is 1.